The lowest BCUT2D eigenvalue weighted by Gasteiger charge is -2.30. The molecule has 0 amide bonds. The molecule has 1 nitrogen and oxygen atoms in total. The number of hydrogen-bond acceptors (Lipinski definition) is 1. The molecule has 0 aliphatic heterocycles. The van der Waals surface area contributed by atoms with Crippen molar-refractivity contribution < 1.29 is 0 Å². The van der Waals surface area contributed by atoms with Crippen molar-refractivity contribution in [2.45, 2.75) is 0 Å². The van der Waals surface area contributed by atoms with Gasteiger partial charge in [-0.1, -0.05) is 170 Å². The number of fused-ring (bicyclic) bond motifs is 5. The van der Waals surface area contributed by atoms with Gasteiger partial charge in [-0.2, -0.15) is 0 Å². The molecule has 248 valence electrons. The van der Waals surface area contributed by atoms with Gasteiger partial charge in [0.05, 0.1) is 11.4 Å². The molecule has 0 spiro atoms. The van der Waals surface area contributed by atoms with Gasteiger partial charge in [-0.25, -0.2) is 0 Å². The number of hydrogen-bond donors (Lipinski definition) is 0. The molecule has 0 saturated carbocycles. The summed E-state index contributed by atoms with van der Waals surface area (Å²) in [6, 6.07) is 77.4. The number of anilines is 3. The summed E-state index contributed by atoms with van der Waals surface area (Å²) < 4.78 is 0. The van der Waals surface area contributed by atoms with E-state index in [2.05, 4.69) is 217 Å². The highest BCUT2D eigenvalue weighted by Crippen LogP contribution is 2.47. The van der Waals surface area contributed by atoms with Gasteiger partial charge in [-0.15, -0.1) is 0 Å². The van der Waals surface area contributed by atoms with Gasteiger partial charge in [0.25, 0.3) is 0 Å². The monoisotopic (exact) mass is 673 g/mol. The van der Waals surface area contributed by atoms with Gasteiger partial charge in [-0.3, -0.25) is 0 Å². The Labute approximate surface area is 309 Å². The molecule has 10 aromatic carbocycles. The van der Waals surface area contributed by atoms with Crippen molar-refractivity contribution in [2.75, 3.05) is 4.90 Å². The Morgan fingerprint density at radius 1 is 0.245 bits per heavy atom. The Morgan fingerprint density at radius 3 is 1.60 bits per heavy atom. The number of rotatable bonds is 6. The number of nitrogens with zero attached hydrogens (tertiary/aromatic N) is 1. The molecule has 53 heavy (non-hydrogen) atoms. The fraction of sp³-hybridized carbons (Fsp3) is 0. The third-order valence-electron chi connectivity index (χ3n) is 10.6. The molecular weight excluding hydrogens is 639 g/mol. The summed E-state index contributed by atoms with van der Waals surface area (Å²) in [7, 11) is 0. The molecule has 0 fully saturated rings. The molecule has 0 heterocycles. The minimum absolute atomic E-state index is 1.11. The molecule has 0 unspecified atom stereocenters. The second kappa shape index (κ2) is 13.0. The van der Waals surface area contributed by atoms with Crippen LogP contribution in [-0.2, 0) is 0 Å². The van der Waals surface area contributed by atoms with Crippen LogP contribution >= 0.6 is 0 Å². The maximum Gasteiger partial charge on any atom is 0.0540 e. The van der Waals surface area contributed by atoms with E-state index >= 15 is 0 Å². The first-order valence-corrected chi connectivity index (χ1v) is 18.3. The van der Waals surface area contributed by atoms with E-state index in [1.807, 2.05) is 0 Å². The first-order chi connectivity index (χ1) is 26.3. The summed E-state index contributed by atoms with van der Waals surface area (Å²) in [6.45, 7) is 0. The van der Waals surface area contributed by atoms with E-state index in [0.29, 0.717) is 0 Å². The smallest absolute Gasteiger partial charge is 0.0540 e. The van der Waals surface area contributed by atoms with E-state index < -0.39 is 0 Å². The van der Waals surface area contributed by atoms with Crippen LogP contribution in [0, 0.1) is 0 Å². The average Bonchev–Trinajstić information content (AvgIpc) is 3.24. The summed E-state index contributed by atoms with van der Waals surface area (Å²) in [5.41, 5.74) is 10.6. The molecular formula is C52H35N. The van der Waals surface area contributed by atoms with Crippen molar-refractivity contribution in [3.05, 3.63) is 212 Å². The SMILES string of the molecule is c1ccc(-c2ccc3cc(N(c4ccccc4-c4ccc5ccccc5c4)c4ccccc4-c4cc5ccccc5c5ccccc45)ccc3c2)cc1. The first kappa shape index (κ1) is 30.8. The van der Waals surface area contributed by atoms with Crippen LogP contribution in [0.25, 0.3) is 76.5 Å². The van der Waals surface area contributed by atoms with Crippen molar-refractivity contribution in [1.29, 1.82) is 0 Å². The maximum absolute atomic E-state index is 2.47. The largest absolute Gasteiger partial charge is 0.309 e. The summed E-state index contributed by atoms with van der Waals surface area (Å²) >= 11 is 0. The molecule has 10 rings (SSSR count). The van der Waals surface area contributed by atoms with Crippen LogP contribution in [0.2, 0.25) is 0 Å². The molecule has 0 N–H and O–H groups in total. The summed E-state index contributed by atoms with van der Waals surface area (Å²) in [6.07, 6.45) is 0. The quantitative estimate of drug-likeness (QED) is 0.159. The van der Waals surface area contributed by atoms with Gasteiger partial charge >= 0.3 is 0 Å². The van der Waals surface area contributed by atoms with Gasteiger partial charge in [0.15, 0.2) is 0 Å². The maximum atomic E-state index is 2.47. The minimum atomic E-state index is 1.11. The second-order valence-corrected chi connectivity index (χ2v) is 13.7. The van der Waals surface area contributed by atoms with E-state index in [1.165, 1.54) is 76.5 Å². The molecule has 0 aliphatic rings. The van der Waals surface area contributed by atoms with Gasteiger partial charge in [0.2, 0.25) is 0 Å². The number of benzene rings is 10. The molecule has 10 aromatic rings. The molecule has 0 atom stereocenters. The zero-order chi connectivity index (χ0) is 35.1. The fourth-order valence-electron chi connectivity index (χ4n) is 8.03. The van der Waals surface area contributed by atoms with Crippen LogP contribution in [0.15, 0.2) is 212 Å². The van der Waals surface area contributed by atoms with Crippen LogP contribution in [0.5, 0.6) is 0 Å². The lowest BCUT2D eigenvalue weighted by Crippen LogP contribution is -2.12. The van der Waals surface area contributed by atoms with Crippen molar-refractivity contribution >= 4 is 60.2 Å². The molecule has 1 heteroatoms. The van der Waals surface area contributed by atoms with E-state index in [0.717, 1.165) is 17.1 Å². The van der Waals surface area contributed by atoms with E-state index in [4.69, 9.17) is 0 Å². The lowest BCUT2D eigenvalue weighted by atomic mass is 9.91. The standard InChI is InChI=1S/C52H35N/c1-2-14-36(15-3-1)39-27-28-41-34-44(31-30-40(41)32-39)53(51-24-12-10-20-46(51)43-29-26-37-16-4-5-17-38(37)33-43)52-25-13-11-23-49(52)50-35-42-18-6-7-19-45(42)47-21-8-9-22-48(47)50/h1-35H. The summed E-state index contributed by atoms with van der Waals surface area (Å²) in [5, 5.41) is 9.89. The predicted octanol–water partition coefficient (Wildman–Crippen LogP) is 14.8. The number of para-hydroxylation sites is 2. The Balaban J connectivity index is 1.22. The zero-order valence-corrected chi connectivity index (χ0v) is 29.2. The highest BCUT2D eigenvalue weighted by molar-refractivity contribution is 6.15. The average molecular weight is 674 g/mol. The summed E-state index contributed by atoms with van der Waals surface area (Å²) in [5.74, 6) is 0. The molecule has 0 bridgehead atoms. The fourth-order valence-corrected chi connectivity index (χ4v) is 8.03. The first-order valence-electron chi connectivity index (χ1n) is 18.3. The van der Waals surface area contributed by atoms with E-state index in [9.17, 15) is 0 Å². The molecule has 0 radical (unpaired) electrons. The highest BCUT2D eigenvalue weighted by atomic mass is 15.1. The van der Waals surface area contributed by atoms with Crippen molar-refractivity contribution in [3.63, 3.8) is 0 Å². The molecule has 0 aliphatic carbocycles. The Bertz CT molecular complexity index is 2960. The topological polar surface area (TPSA) is 3.24 Å². The Hall–Kier alpha value is -6.96. The van der Waals surface area contributed by atoms with Gasteiger partial charge in [0.1, 0.15) is 0 Å². The Kier molecular flexibility index (Phi) is 7.55. The minimum Gasteiger partial charge on any atom is -0.309 e. The highest BCUT2D eigenvalue weighted by Gasteiger charge is 2.22. The summed E-state index contributed by atoms with van der Waals surface area (Å²) in [4.78, 5) is 2.47. The second-order valence-electron chi connectivity index (χ2n) is 13.7. The Morgan fingerprint density at radius 2 is 0.774 bits per heavy atom. The zero-order valence-electron chi connectivity index (χ0n) is 29.2. The van der Waals surface area contributed by atoms with Gasteiger partial charge in [0, 0.05) is 16.8 Å². The van der Waals surface area contributed by atoms with Crippen LogP contribution in [0.4, 0.5) is 17.1 Å². The van der Waals surface area contributed by atoms with Crippen LogP contribution in [0.3, 0.4) is 0 Å². The molecule has 0 aromatic heterocycles. The van der Waals surface area contributed by atoms with Crippen molar-refractivity contribution in [2.24, 2.45) is 0 Å². The molecule has 0 saturated heterocycles. The van der Waals surface area contributed by atoms with E-state index in [1.54, 1.807) is 0 Å². The van der Waals surface area contributed by atoms with Gasteiger partial charge in [-0.05, 0) is 108 Å². The van der Waals surface area contributed by atoms with E-state index in [-0.39, 0.29) is 0 Å². The van der Waals surface area contributed by atoms with Crippen molar-refractivity contribution in [1.82, 2.24) is 0 Å². The van der Waals surface area contributed by atoms with Crippen LogP contribution in [-0.4, -0.2) is 0 Å². The van der Waals surface area contributed by atoms with Crippen molar-refractivity contribution in [3.8, 4) is 33.4 Å². The third-order valence-corrected chi connectivity index (χ3v) is 10.6. The van der Waals surface area contributed by atoms with Crippen LogP contribution in [0.1, 0.15) is 0 Å². The normalized spacial score (nSPS) is 11.4. The predicted molar refractivity (Wildman–Crippen MR) is 227 cm³/mol. The lowest BCUT2D eigenvalue weighted by molar-refractivity contribution is 1.29. The van der Waals surface area contributed by atoms with Gasteiger partial charge < -0.3 is 4.90 Å². The van der Waals surface area contributed by atoms with Crippen LogP contribution < -0.4 is 4.90 Å². The third kappa shape index (κ3) is 5.51.